The fourth-order valence-electron chi connectivity index (χ4n) is 3.90. The van der Waals surface area contributed by atoms with Crippen LogP contribution in [0.3, 0.4) is 0 Å². The van der Waals surface area contributed by atoms with Crippen LogP contribution in [0.4, 0.5) is 5.82 Å². The molecule has 1 saturated heterocycles. The van der Waals surface area contributed by atoms with E-state index >= 15 is 0 Å². The molecule has 0 unspecified atom stereocenters. The summed E-state index contributed by atoms with van der Waals surface area (Å²) in [5.74, 6) is 1.54. The van der Waals surface area contributed by atoms with Gasteiger partial charge in [-0.3, -0.25) is 0 Å². The van der Waals surface area contributed by atoms with Gasteiger partial charge in [0.2, 0.25) is 0 Å². The zero-order valence-electron chi connectivity index (χ0n) is 15.9. The molecular formula is C20H25N7O. The molecule has 4 rings (SSSR count). The van der Waals surface area contributed by atoms with Crippen molar-refractivity contribution in [3.05, 3.63) is 39.9 Å². The number of hydrogen-bond donors (Lipinski definition) is 6. The predicted octanol–water partition coefficient (Wildman–Crippen LogP) is 1.64. The lowest BCUT2D eigenvalue weighted by atomic mass is 9.96. The molecule has 3 aliphatic rings. The average Bonchev–Trinajstić information content (AvgIpc) is 3.11. The second-order valence-corrected chi connectivity index (χ2v) is 7.08. The number of anilines is 1. The first-order chi connectivity index (χ1) is 13.7. The third kappa shape index (κ3) is 3.25. The maximum Gasteiger partial charge on any atom is 0.163 e. The van der Waals surface area contributed by atoms with E-state index in [1.807, 2.05) is 13.2 Å². The van der Waals surface area contributed by atoms with Crippen molar-refractivity contribution in [1.82, 2.24) is 20.9 Å². The summed E-state index contributed by atoms with van der Waals surface area (Å²) in [6, 6.07) is 2.26. The van der Waals surface area contributed by atoms with E-state index in [-0.39, 0.29) is 6.10 Å². The highest BCUT2D eigenvalue weighted by molar-refractivity contribution is 5.91. The van der Waals surface area contributed by atoms with Gasteiger partial charge in [-0.25, -0.2) is 0 Å². The second kappa shape index (κ2) is 7.82. The smallest absolute Gasteiger partial charge is 0.163 e. The summed E-state index contributed by atoms with van der Waals surface area (Å²) in [4.78, 5) is 3.43. The molecule has 4 heterocycles. The fraction of sp³-hybridized carbons (Fsp3) is 0.400. The minimum Gasteiger partial charge on any atom is -0.485 e. The minimum atomic E-state index is 0.0479. The topological polar surface area (TPSA) is 121 Å². The number of ether oxygens (including phenoxy) is 1. The molecule has 0 aliphatic carbocycles. The van der Waals surface area contributed by atoms with Crippen LogP contribution in [-0.4, -0.2) is 44.0 Å². The maximum absolute atomic E-state index is 9.65. The molecule has 6 N–H and O–H groups in total. The Hall–Kier alpha value is -3.18. The average molecular weight is 379 g/mol. The zero-order valence-corrected chi connectivity index (χ0v) is 15.9. The number of nitrogens with one attached hydrogen (secondary N) is 6. The van der Waals surface area contributed by atoms with E-state index in [2.05, 4.69) is 38.4 Å². The quantitative estimate of drug-likeness (QED) is 0.433. The molecule has 0 bridgehead atoms. The van der Waals surface area contributed by atoms with Crippen LogP contribution in [0.15, 0.2) is 23.0 Å². The van der Waals surface area contributed by atoms with E-state index in [0.29, 0.717) is 24.5 Å². The van der Waals surface area contributed by atoms with Crippen LogP contribution in [0.2, 0.25) is 0 Å². The molecule has 28 heavy (non-hydrogen) atoms. The van der Waals surface area contributed by atoms with Crippen molar-refractivity contribution < 1.29 is 4.74 Å². The Morgan fingerprint density at radius 1 is 1.39 bits per heavy atom. The Morgan fingerprint density at radius 3 is 3.00 bits per heavy atom. The first-order valence-electron chi connectivity index (χ1n) is 9.58. The number of nitriles is 1. The molecule has 8 heteroatoms. The lowest BCUT2D eigenvalue weighted by molar-refractivity contribution is 0.134. The van der Waals surface area contributed by atoms with Gasteiger partial charge in [0, 0.05) is 49.4 Å². The number of aromatic nitrogens is 1. The molecular weight excluding hydrogens is 354 g/mol. The molecule has 0 saturated carbocycles. The third-order valence-electron chi connectivity index (χ3n) is 5.26. The molecule has 146 valence electrons. The summed E-state index contributed by atoms with van der Waals surface area (Å²) in [7, 11) is 1.82. The van der Waals surface area contributed by atoms with Gasteiger partial charge in [0.25, 0.3) is 0 Å². The lowest BCUT2D eigenvalue weighted by Crippen LogP contribution is -2.36. The van der Waals surface area contributed by atoms with Gasteiger partial charge in [0.15, 0.2) is 11.5 Å². The molecule has 1 aromatic heterocycles. The predicted molar refractivity (Wildman–Crippen MR) is 110 cm³/mol. The van der Waals surface area contributed by atoms with Gasteiger partial charge < -0.3 is 36.4 Å². The molecule has 0 amide bonds. The Balaban J connectivity index is 1.76. The molecule has 1 atom stereocenters. The van der Waals surface area contributed by atoms with Crippen molar-refractivity contribution in [2.24, 2.45) is 0 Å². The molecule has 0 radical (unpaired) electrons. The maximum atomic E-state index is 9.65. The molecule has 0 spiro atoms. The van der Waals surface area contributed by atoms with Gasteiger partial charge in [0.1, 0.15) is 18.0 Å². The van der Waals surface area contributed by atoms with E-state index in [9.17, 15) is 5.26 Å². The number of rotatable bonds is 5. The number of allylic oxidation sites excluding steroid dienone is 1. The number of aromatic amines is 1. The van der Waals surface area contributed by atoms with Crippen molar-refractivity contribution in [2.45, 2.75) is 25.5 Å². The number of nitrogens with zero attached hydrogens (tertiary/aromatic N) is 1. The number of fused-ring (bicyclic) bond motifs is 3. The van der Waals surface area contributed by atoms with E-state index in [4.69, 9.17) is 10.1 Å². The van der Waals surface area contributed by atoms with Crippen molar-refractivity contribution >= 4 is 23.9 Å². The van der Waals surface area contributed by atoms with Crippen LogP contribution in [0.5, 0.6) is 0 Å². The zero-order chi connectivity index (χ0) is 19.5. The highest BCUT2D eigenvalue weighted by Crippen LogP contribution is 2.39. The van der Waals surface area contributed by atoms with Crippen LogP contribution in [0, 0.1) is 16.7 Å². The number of piperidine rings is 1. The van der Waals surface area contributed by atoms with Gasteiger partial charge in [-0.15, -0.1) is 0 Å². The Kier molecular flexibility index (Phi) is 5.08. The first-order valence-corrected chi connectivity index (χ1v) is 9.58. The molecule has 3 aliphatic heterocycles. The Morgan fingerprint density at radius 2 is 2.29 bits per heavy atom. The highest BCUT2D eigenvalue weighted by atomic mass is 16.5. The second-order valence-electron chi connectivity index (χ2n) is 7.08. The van der Waals surface area contributed by atoms with Gasteiger partial charge >= 0.3 is 0 Å². The summed E-state index contributed by atoms with van der Waals surface area (Å²) >= 11 is 0. The molecule has 1 aromatic rings. The van der Waals surface area contributed by atoms with E-state index in [0.717, 1.165) is 59.7 Å². The SMILES string of the molecule is CN/C=C(\C=N)C1=Cc2c([nH]c3c2C(O[C@H]2CCCNC2)=C(C#N)NC3)NC1. The summed E-state index contributed by atoms with van der Waals surface area (Å²) in [6.07, 6.45) is 7.32. The number of hydrogen-bond acceptors (Lipinski definition) is 7. The minimum absolute atomic E-state index is 0.0479. The van der Waals surface area contributed by atoms with Gasteiger partial charge in [-0.1, -0.05) is 0 Å². The van der Waals surface area contributed by atoms with E-state index in [1.54, 1.807) is 0 Å². The summed E-state index contributed by atoms with van der Waals surface area (Å²) in [5, 5.41) is 30.3. The van der Waals surface area contributed by atoms with E-state index < -0.39 is 0 Å². The Labute approximate surface area is 164 Å². The van der Waals surface area contributed by atoms with E-state index in [1.165, 1.54) is 6.21 Å². The Bertz CT molecular complexity index is 910. The summed E-state index contributed by atoms with van der Waals surface area (Å²) < 4.78 is 6.34. The molecule has 0 aromatic carbocycles. The van der Waals surface area contributed by atoms with Crippen molar-refractivity contribution in [2.75, 3.05) is 32.0 Å². The third-order valence-corrected chi connectivity index (χ3v) is 5.26. The van der Waals surface area contributed by atoms with Gasteiger partial charge in [-0.2, -0.15) is 5.26 Å². The normalized spacial score (nSPS) is 21.4. The highest BCUT2D eigenvalue weighted by Gasteiger charge is 2.31. The van der Waals surface area contributed by atoms with Crippen molar-refractivity contribution in [3.63, 3.8) is 0 Å². The molecule has 1 fully saturated rings. The lowest BCUT2D eigenvalue weighted by Gasteiger charge is -2.28. The van der Waals surface area contributed by atoms with Crippen LogP contribution < -0.4 is 21.3 Å². The number of H-pyrrole nitrogens is 1. The monoisotopic (exact) mass is 379 g/mol. The first kappa shape index (κ1) is 18.2. The standard InChI is InChI=1S/C20H25N7O/c1-23-8-13(6-21)12-5-15-18-17(27-20(15)26-9-12)11-25-16(7-22)19(18)28-14-3-2-4-24-10-14/h5-6,8,14,21,23-27H,2-4,9-11H2,1H3/b13-8+,21-6?/t14-/m0/s1. The molecule has 8 nitrogen and oxygen atoms in total. The van der Waals surface area contributed by atoms with Gasteiger partial charge in [-0.05, 0) is 31.0 Å². The van der Waals surface area contributed by atoms with Crippen LogP contribution in [0.1, 0.15) is 29.7 Å². The van der Waals surface area contributed by atoms with Crippen molar-refractivity contribution in [1.29, 1.82) is 10.7 Å². The van der Waals surface area contributed by atoms with Crippen LogP contribution in [-0.2, 0) is 11.3 Å². The fourth-order valence-corrected chi connectivity index (χ4v) is 3.90. The van der Waals surface area contributed by atoms with Crippen molar-refractivity contribution in [3.8, 4) is 6.07 Å². The van der Waals surface area contributed by atoms with Crippen LogP contribution in [0.25, 0.3) is 11.8 Å². The van der Waals surface area contributed by atoms with Gasteiger partial charge in [0.05, 0.1) is 12.1 Å². The summed E-state index contributed by atoms with van der Waals surface area (Å²) in [5.41, 5.74) is 5.21. The van der Waals surface area contributed by atoms with Crippen LogP contribution >= 0.6 is 0 Å². The largest absolute Gasteiger partial charge is 0.485 e. The summed E-state index contributed by atoms with van der Waals surface area (Å²) in [6.45, 7) is 2.97.